The molecule has 17 heavy (non-hydrogen) atoms. The molecule has 0 saturated carbocycles. The Morgan fingerprint density at radius 3 is 2.88 bits per heavy atom. The van der Waals surface area contributed by atoms with E-state index in [0.29, 0.717) is 12.1 Å². The molecule has 1 aliphatic heterocycles. The molecule has 2 rings (SSSR count). The summed E-state index contributed by atoms with van der Waals surface area (Å²) in [6.45, 7) is 8.95. The first-order chi connectivity index (χ1) is 8.20. The molecule has 1 saturated heterocycles. The van der Waals surface area contributed by atoms with Gasteiger partial charge in [0.25, 0.3) is 0 Å². The fourth-order valence-corrected chi connectivity index (χ4v) is 2.84. The molecular weight excluding hydrogens is 208 g/mol. The van der Waals surface area contributed by atoms with Crippen molar-refractivity contribution in [2.75, 3.05) is 18.0 Å². The van der Waals surface area contributed by atoms with Crippen LogP contribution in [0, 0.1) is 6.92 Å². The molecule has 2 unspecified atom stereocenters. The van der Waals surface area contributed by atoms with Crippen LogP contribution < -0.4 is 10.2 Å². The van der Waals surface area contributed by atoms with Crippen LogP contribution in [0.15, 0.2) is 24.3 Å². The highest BCUT2D eigenvalue weighted by Gasteiger charge is 2.24. The second-order valence-electron chi connectivity index (χ2n) is 5.16. The summed E-state index contributed by atoms with van der Waals surface area (Å²) in [7, 11) is 0. The van der Waals surface area contributed by atoms with Gasteiger partial charge in [0.1, 0.15) is 0 Å². The first-order valence-corrected chi connectivity index (χ1v) is 6.77. The molecule has 2 heteroatoms. The van der Waals surface area contributed by atoms with Crippen molar-refractivity contribution in [3.05, 3.63) is 29.8 Å². The number of hydrogen-bond donors (Lipinski definition) is 1. The van der Waals surface area contributed by atoms with Crippen molar-refractivity contribution in [1.29, 1.82) is 0 Å². The fourth-order valence-electron chi connectivity index (χ4n) is 2.84. The first kappa shape index (κ1) is 12.4. The predicted molar refractivity (Wildman–Crippen MR) is 74.7 cm³/mol. The van der Waals surface area contributed by atoms with Crippen LogP contribution in [-0.2, 0) is 0 Å². The van der Waals surface area contributed by atoms with Gasteiger partial charge in [-0.15, -0.1) is 0 Å². The topological polar surface area (TPSA) is 15.3 Å². The maximum Gasteiger partial charge on any atom is 0.0371 e. The summed E-state index contributed by atoms with van der Waals surface area (Å²) in [6, 6.07) is 10.2. The Hall–Kier alpha value is -1.02. The lowest BCUT2D eigenvalue weighted by molar-refractivity contribution is 0.374. The average molecular weight is 232 g/mol. The molecule has 0 bridgehead atoms. The Bertz CT molecular complexity index is 362. The van der Waals surface area contributed by atoms with Gasteiger partial charge < -0.3 is 10.2 Å². The van der Waals surface area contributed by atoms with Gasteiger partial charge in [-0.05, 0) is 50.9 Å². The Kier molecular flexibility index (Phi) is 4.06. The third-order valence-electron chi connectivity index (χ3n) is 3.70. The molecular formula is C15H24N2. The van der Waals surface area contributed by atoms with Crippen molar-refractivity contribution in [2.24, 2.45) is 0 Å². The van der Waals surface area contributed by atoms with Crippen LogP contribution >= 0.6 is 0 Å². The van der Waals surface area contributed by atoms with E-state index in [1.54, 1.807) is 0 Å². The normalized spacial score (nSPS) is 25.0. The summed E-state index contributed by atoms with van der Waals surface area (Å²) in [5, 5.41) is 3.57. The van der Waals surface area contributed by atoms with E-state index < -0.39 is 0 Å². The molecule has 1 aromatic carbocycles. The molecule has 0 aromatic heterocycles. The Morgan fingerprint density at radius 2 is 2.24 bits per heavy atom. The SMILES string of the molecule is CCNC1CCN(c2cccc(C)c2)C(C)C1. The summed E-state index contributed by atoms with van der Waals surface area (Å²) in [4.78, 5) is 2.54. The average Bonchev–Trinajstić information content (AvgIpc) is 2.29. The number of rotatable bonds is 3. The van der Waals surface area contributed by atoms with Gasteiger partial charge in [0.15, 0.2) is 0 Å². The Labute approximate surface area is 105 Å². The lowest BCUT2D eigenvalue weighted by Crippen LogP contribution is -2.47. The zero-order valence-electron chi connectivity index (χ0n) is 11.2. The van der Waals surface area contributed by atoms with Gasteiger partial charge in [0.05, 0.1) is 0 Å². The summed E-state index contributed by atoms with van der Waals surface area (Å²) in [5.74, 6) is 0. The van der Waals surface area contributed by atoms with Gasteiger partial charge in [-0.25, -0.2) is 0 Å². The Balaban J connectivity index is 2.04. The lowest BCUT2D eigenvalue weighted by atomic mass is 9.97. The van der Waals surface area contributed by atoms with Crippen molar-refractivity contribution in [3.8, 4) is 0 Å². The highest BCUT2D eigenvalue weighted by Crippen LogP contribution is 2.25. The van der Waals surface area contributed by atoms with Crippen molar-refractivity contribution in [1.82, 2.24) is 5.32 Å². The van der Waals surface area contributed by atoms with Gasteiger partial charge in [-0.1, -0.05) is 19.1 Å². The highest BCUT2D eigenvalue weighted by molar-refractivity contribution is 5.49. The van der Waals surface area contributed by atoms with Gasteiger partial charge in [0, 0.05) is 24.3 Å². The number of benzene rings is 1. The van der Waals surface area contributed by atoms with Crippen molar-refractivity contribution in [3.63, 3.8) is 0 Å². The number of piperidine rings is 1. The quantitative estimate of drug-likeness (QED) is 0.862. The van der Waals surface area contributed by atoms with E-state index in [0.717, 1.165) is 6.54 Å². The van der Waals surface area contributed by atoms with E-state index in [9.17, 15) is 0 Å². The van der Waals surface area contributed by atoms with Crippen molar-refractivity contribution in [2.45, 2.75) is 45.7 Å². The van der Waals surface area contributed by atoms with Gasteiger partial charge in [-0.2, -0.15) is 0 Å². The van der Waals surface area contributed by atoms with Gasteiger partial charge in [0.2, 0.25) is 0 Å². The van der Waals surface area contributed by atoms with E-state index in [1.165, 1.54) is 30.6 Å². The molecule has 0 aliphatic carbocycles. The van der Waals surface area contributed by atoms with E-state index in [4.69, 9.17) is 0 Å². The largest absolute Gasteiger partial charge is 0.369 e. The van der Waals surface area contributed by atoms with Crippen molar-refractivity contribution < 1.29 is 0 Å². The third kappa shape index (κ3) is 3.01. The standard InChI is InChI=1S/C15H24N2/c1-4-16-14-8-9-17(13(3)11-14)15-7-5-6-12(2)10-15/h5-7,10,13-14,16H,4,8-9,11H2,1-3H3. The molecule has 1 heterocycles. The molecule has 1 N–H and O–H groups in total. The van der Waals surface area contributed by atoms with Crippen LogP contribution in [0.1, 0.15) is 32.3 Å². The maximum atomic E-state index is 3.57. The van der Waals surface area contributed by atoms with Crippen LogP contribution in [-0.4, -0.2) is 25.2 Å². The molecule has 2 atom stereocenters. The third-order valence-corrected chi connectivity index (χ3v) is 3.70. The molecule has 0 amide bonds. The van der Waals surface area contributed by atoms with Crippen LogP contribution in [0.3, 0.4) is 0 Å². The maximum absolute atomic E-state index is 3.57. The summed E-state index contributed by atoms with van der Waals surface area (Å²) in [5.41, 5.74) is 2.73. The monoisotopic (exact) mass is 232 g/mol. The summed E-state index contributed by atoms with van der Waals surface area (Å²) in [6.07, 6.45) is 2.51. The summed E-state index contributed by atoms with van der Waals surface area (Å²) < 4.78 is 0. The molecule has 0 radical (unpaired) electrons. The molecule has 2 nitrogen and oxygen atoms in total. The zero-order valence-corrected chi connectivity index (χ0v) is 11.2. The number of aryl methyl sites for hydroxylation is 1. The molecule has 0 spiro atoms. The van der Waals surface area contributed by atoms with Gasteiger partial charge >= 0.3 is 0 Å². The van der Waals surface area contributed by atoms with Crippen LogP contribution in [0.25, 0.3) is 0 Å². The minimum Gasteiger partial charge on any atom is -0.369 e. The van der Waals surface area contributed by atoms with E-state index >= 15 is 0 Å². The minimum atomic E-state index is 0.634. The van der Waals surface area contributed by atoms with Crippen LogP contribution in [0.2, 0.25) is 0 Å². The highest BCUT2D eigenvalue weighted by atomic mass is 15.2. The zero-order chi connectivity index (χ0) is 12.3. The van der Waals surface area contributed by atoms with Gasteiger partial charge in [-0.3, -0.25) is 0 Å². The fraction of sp³-hybridized carbons (Fsp3) is 0.600. The second kappa shape index (κ2) is 5.54. The smallest absolute Gasteiger partial charge is 0.0371 e. The number of hydrogen-bond acceptors (Lipinski definition) is 2. The molecule has 94 valence electrons. The minimum absolute atomic E-state index is 0.634. The number of nitrogens with one attached hydrogen (secondary N) is 1. The van der Waals surface area contributed by atoms with E-state index in [1.807, 2.05) is 0 Å². The van der Waals surface area contributed by atoms with Crippen LogP contribution in [0.5, 0.6) is 0 Å². The Morgan fingerprint density at radius 1 is 1.41 bits per heavy atom. The number of nitrogens with zero attached hydrogens (tertiary/aromatic N) is 1. The lowest BCUT2D eigenvalue weighted by Gasteiger charge is -2.39. The van der Waals surface area contributed by atoms with E-state index in [-0.39, 0.29) is 0 Å². The molecule has 1 aromatic rings. The van der Waals surface area contributed by atoms with E-state index in [2.05, 4.69) is 55.3 Å². The summed E-state index contributed by atoms with van der Waals surface area (Å²) >= 11 is 0. The van der Waals surface area contributed by atoms with Crippen LogP contribution in [0.4, 0.5) is 5.69 Å². The van der Waals surface area contributed by atoms with Crippen molar-refractivity contribution >= 4 is 5.69 Å². The predicted octanol–water partition coefficient (Wildman–Crippen LogP) is 2.96. The second-order valence-corrected chi connectivity index (χ2v) is 5.16. The first-order valence-electron chi connectivity index (χ1n) is 6.77. The number of anilines is 1. The molecule has 1 aliphatic rings. The molecule has 1 fully saturated rings.